The molecule has 0 aliphatic heterocycles. The zero-order valence-corrected chi connectivity index (χ0v) is 18.7. The lowest BCUT2D eigenvalue weighted by Crippen LogP contribution is -2.38. The van der Waals surface area contributed by atoms with Crippen molar-refractivity contribution in [2.45, 2.75) is 51.6 Å². The molecule has 7 nitrogen and oxygen atoms in total. The summed E-state index contributed by atoms with van der Waals surface area (Å²) in [6, 6.07) is 7.18. The molecule has 1 aliphatic rings. The summed E-state index contributed by atoms with van der Waals surface area (Å²) < 4.78 is 15.2. The molecular formula is C23H25ClFN5O2. The van der Waals surface area contributed by atoms with Gasteiger partial charge in [-0.3, -0.25) is 9.59 Å². The van der Waals surface area contributed by atoms with Crippen LogP contribution >= 0.6 is 11.6 Å². The Morgan fingerprint density at radius 1 is 1.22 bits per heavy atom. The van der Waals surface area contributed by atoms with Crippen molar-refractivity contribution in [3.63, 3.8) is 0 Å². The van der Waals surface area contributed by atoms with E-state index in [-0.39, 0.29) is 23.9 Å². The second-order valence-corrected chi connectivity index (χ2v) is 8.82. The number of imidazole rings is 1. The maximum Gasteiger partial charge on any atom is 0.280 e. The normalized spacial score (nSPS) is 19.5. The molecule has 9 heteroatoms. The van der Waals surface area contributed by atoms with Gasteiger partial charge in [0.2, 0.25) is 11.5 Å². The lowest BCUT2D eigenvalue weighted by Gasteiger charge is -2.29. The lowest BCUT2D eigenvalue weighted by molar-refractivity contribution is -0.126. The summed E-state index contributed by atoms with van der Waals surface area (Å²) in [5.74, 6) is -0.826. The van der Waals surface area contributed by atoms with E-state index in [2.05, 4.69) is 20.3 Å². The quantitative estimate of drug-likeness (QED) is 0.576. The molecule has 0 saturated heterocycles. The van der Waals surface area contributed by atoms with Crippen molar-refractivity contribution in [3.05, 3.63) is 58.7 Å². The molecule has 1 aromatic carbocycles. The Morgan fingerprint density at radius 3 is 2.56 bits per heavy atom. The summed E-state index contributed by atoms with van der Waals surface area (Å²) >= 11 is 6.14. The van der Waals surface area contributed by atoms with Crippen LogP contribution in [-0.2, 0) is 4.79 Å². The molecule has 2 amide bonds. The Labute approximate surface area is 189 Å². The van der Waals surface area contributed by atoms with Crippen molar-refractivity contribution < 1.29 is 14.0 Å². The van der Waals surface area contributed by atoms with Crippen LogP contribution in [0, 0.1) is 11.7 Å². The number of benzene rings is 1. The molecule has 2 N–H and O–H groups in total. The van der Waals surface area contributed by atoms with E-state index in [0.717, 1.165) is 31.2 Å². The van der Waals surface area contributed by atoms with Crippen LogP contribution in [0.4, 0.5) is 4.39 Å². The van der Waals surface area contributed by atoms with E-state index in [9.17, 15) is 14.0 Å². The number of nitrogens with one attached hydrogen (secondary N) is 2. The van der Waals surface area contributed by atoms with Crippen LogP contribution in [0.5, 0.6) is 0 Å². The van der Waals surface area contributed by atoms with Gasteiger partial charge >= 0.3 is 0 Å². The summed E-state index contributed by atoms with van der Waals surface area (Å²) in [7, 11) is 0. The van der Waals surface area contributed by atoms with Crippen molar-refractivity contribution in [2.75, 3.05) is 0 Å². The van der Waals surface area contributed by atoms with Gasteiger partial charge in [0.15, 0.2) is 0 Å². The number of carbonyl (C=O) groups excluding carboxylic acids is 2. The first-order valence-corrected chi connectivity index (χ1v) is 11.1. The first-order chi connectivity index (χ1) is 15.3. The molecule has 2 heterocycles. The van der Waals surface area contributed by atoms with Gasteiger partial charge in [0.25, 0.3) is 5.91 Å². The van der Waals surface area contributed by atoms with Crippen LogP contribution in [0.1, 0.15) is 55.9 Å². The summed E-state index contributed by atoms with van der Waals surface area (Å²) in [5, 5.41) is 3.33. The van der Waals surface area contributed by atoms with Gasteiger partial charge in [-0.2, -0.15) is 4.99 Å². The fourth-order valence-corrected chi connectivity index (χ4v) is 4.37. The fraction of sp³-hybridized carbons (Fsp3) is 0.391. The van der Waals surface area contributed by atoms with Gasteiger partial charge in [-0.1, -0.05) is 11.6 Å². The van der Waals surface area contributed by atoms with Gasteiger partial charge in [-0.05, 0) is 63.8 Å². The number of fused-ring (bicyclic) bond motifs is 1. The Balaban J connectivity index is 1.68. The first-order valence-electron chi connectivity index (χ1n) is 10.7. The third kappa shape index (κ3) is 4.75. The Kier molecular flexibility index (Phi) is 6.41. The second kappa shape index (κ2) is 9.24. The van der Waals surface area contributed by atoms with Gasteiger partial charge in [0.05, 0.1) is 17.2 Å². The van der Waals surface area contributed by atoms with Crippen LogP contribution < -0.4 is 10.9 Å². The van der Waals surface area contributed by atoms with Crippen LogP contribution in [-0.4, -0.2) is 32.4 Å². The SMILES string of the molecule is CC(C)NC(=O)[C@H]1CC[C@@H](n2/c(=N/C(=O)c3ccc(F)cc3)[nH]c3cnc(Cl)cc32)CC1. The predicted octanol–water partition coefficient (Wildman–Crippen LogP) is 4.15. The number of amides is 2. The summed E-state index contributed by atoms with van der Waals surface area (Å²) in [6.07, 6.45) is 4.62. The highest BCUT2D eigenvalue weighted by molar-refractivity contribution is 6.29. The van der Waals surface area contributed by atoms with Gasteiger partial charge in [0, 0.05) is 29.6 Å². The minimum absolute atomic E-state index is 0.0223. The highest BCUT2D eigenvalue weighted by Crippen LogP contribution is 2.33. The average molecular weight is 458 g/mol. The van der Waals surface area contributed by atoms with E-state index in [1.807, 2.05) is 18.4 Å². The molecule has 168 valence electrons. The monoisotopic (exact) mass is 457 g/mol. The van der Waals surface area contributed by atoms with E-state index in [1.165, 1.54) is 24.3 Å². The second-order valence-electron chi connectivity index (χ2n) is 8.44. The molecule has 0 unspecified atom stereocenters. The minimum atomic E-state index is -0.477. The summed E-state index contributed by atoms with van der Waals surface area (Å²) in [5.41, 5.74) is 2.18. The zero-order chi connectivity index (χ0) is 22.8. The molecule has 3 aromatic rings. The maximum absolute atomic E-state index is 13.2. The topological polar surface area (TPSA) is 92.1 Å². The largest absolute Gasteiger partial charge is 0.354 e. The summed E-state index contributed by atoms with van der Waals surface area (Å²) in [4.78, 5) is 36.7. The molecule has 32 heavy (non-hydrogen) atoms. The van der Waals surface area contributed by atoms with E-state index < -0.39 is 11.7 Å². The molecule has 1 aliphatic carbocycles. The highest BCUT2D eigenvalue weighted by Gasteiger charge is 2.29. The summed E-state index contributed by atoms with van der Waals surface area (Å²) in [6.45, 7) is 3.91. The molecule has 0 spiro atoms. The Hall–Kier alpha value is -3.00. The van der Waals surface area contributed by atoms with Gasteiger partial charge < -0.3 is 14.9 Å². The Bertz CT molecular complexity index is 1210. The number of H-pyrrole nitrogens is 1. The zero-order valence-electron chi connectivity index (χ0n) is 17.9. The van der Waals surface area contributed by atoms with Crippen molar-refractivity contribution in [1.82, 2.24) is 19.9 Å². The van der Waals surface area contributed by atoms with E-state index in [0.29, 0.717) is 21.9 Å². The number of aromatic nitrogens is 3. The number of rotatable bonds is 4. The number of halogens is 2. The van der Waals surface area contributed by atoms with Gasteiger partial charge in [0.1, 0.15) is 11.0 Å². The lowest BCUT2D eigenvalue weighted by atomic mass is 9.85. The molecule has 0 bridgehead atoms. The van der Waals surface area contributed by atoms with E-state index in [4.69, 9.17) is 11.6 Å². The number of nitrogens with zero attached hydrogens (tertiary/aromatic N) is 3. The molecule has 0 atom stereocenters. The number of hydrogen-bond donors (Lipinski definition) is 2. The molecule has 1 fully saturated rings. The van der Waals surface area contributed by atoms with Crippen molar-refractivity contribution in [2.24, 2.45) is 10.9 Å². The van der Waals surface area contributed by atoms with Crippen LogP contribution in [0.3, 0.4) is 0 Å². The maximum atomic E-state index is 13.2. The number of carbonyl (C=O) groups is 2. The van der Waals surface area contributed by atoms with Gasteiger partial charge in [-0.15, -0.1) is 0 Å². The minimum Gasteiger partial charge on any atom is -0.354 e. The molecular weight excluding hydrogens is 433 g/mol. The first kappa shape index (κ1) is 22.2. The third-order valence-corrected chi connectivity index (χ3v) is 5.95. The predicted molar refractivity (Wildman–Crippen MR) is 120 cm³/mol. The molecule has 0 radical (unpaired) electrons. The number of pyridine rings is 1. The molecule has 4 rings (SSSR count). The number of aromatic amines is 1. The van der Waals surface area contributed by atoms with Crippen LogP contribution in [0.15, 0.2) is 41.5 Å². The standard InChI is InChI=1S/C23H25ClFN5O2/c1-13(2)27-21(31)15-5-9-17(10-6-15)30-19-11-20(24)26-12-18(19)28-23(30)29-22(32)14-3-7-16(25)8-4-14/h3-4,7-8,11-13,15,17H,5-6,9-10H2,1-2H3,(H,27,31)(H,28,29,32)/t15-,17+. The number of hydrogen-bond acceptors (Lipinski definition) is 3. The van der Waals surface area contributed by atoms with Crippen LogP contribution in [0.2, 0.25) is 5.15 Å². The Morgan fingerprint density at radius 2 is 1.91 bits per heavy atom. The van der Waals surface area contributed by atoms with Gasteiger partial charge in [-0.25, -0.2) is 9.37 Å². The van der Waals surface area contributed by atoms with E-state index >= 15 is 0 Å². The average Bonchev–Trinajstić information content (AvgIpc) is 3.10. The smallest absolute Gasteiger partial charge is 0.280 e. The van der Waals surface area contributed by atoms with Crippen molar-refractivity contribution in [1.29, 1.82) is 0 Å². The molecule has 1 saturated carbocycles. The highest BCUT2D eigenvalue weighted by atomic mass is 35.5. The molecule has 2 aromatic heterocycles. The van der Waals surface area contributed by atoms with Crippen molar-refractivity contribution in [3.8, 4) is 0 Å². The van der Waals surface area contributed by atoms with Crippen molar-refractivity contribution >= 4 is 34.4 Å². The van der Waals surface area contributed by atoms with E-state index in [1.54, 1.807) is 12.3 Å². The third-order valence-electron chi connectivity index (χ3n) is 5.75. The fourth-order valence-electron chi connectivity index (χ4n) is 4.21. The van der Waals surface area contributed by atoms with Crippen LogP contribution in [0.25, 0.3) is 11.0 Å².